The van der Waals surface area contributed by atoms with Gasteiger partial charge in [-0.05, 0) is 49.7 Å². The fourth-order valence-electron chi connectivity index (χ4n) is 6.31. The lowest BCUT2D eigenvalue weighted by molar-refractivity contribution is 0.0383. The number of fused-ring (bicyclic) bond motifs is 4. The summed E-state index contributed by atoms with van der Waals surface area (Å²) in [6.07, 6.45) is 0. The number of nitrogens with zero attached hydrogens (tertiary/aromatic N) is 4. The van der Waals surface area contributed by atoms with E-state index in [1.807, 2.05) is 63.2 Å². The molecule has 4 heterocycles. The average Bonchev–Trinajstić information content (AvgIpc) is 3.57. The Labute approximate surface area is 254 Å². The topological polar surface area (TPSA) is 118 Å². The maximum atomic E-state index is 13.4. The number of carbonyl (C=O) groups is 1. The van der Waals surface area contributed by atoms with E-state index in [2.05, 4.69) is 26.4 Å². The summed E-state index contributed by atoms with van der Waals surface area (Å²) in [5.74, 6) is 1.98. The summed E-state index contributed by atoms with van der Waals surface area (Å²) in [6, 6.07) is 16.0. The number of aromatic nitrogens is 4. The number of hydrogen-bond acceptors (Lipinski definition) is 8. The van der Waals surface area contributed by atoms with Crippen molar-refractivity contribution in [2.75, 3.05) is 46.5 Å². The van der Waals surface area contributed by atoms with E-state index in [9.17, 15) is 4.79 Å². The molecule has 1 fully saturated rings. The van der Waals surface area contributed by atoms with Gasteiger partial charge in [-0.1, -0.05) is 35.5 Å². The van der Waals surface area contributed by atoms with Crippen molar-refractivity contribution in [3.63, 3.8) is 0 Å². The van der Waals surface area contributed by atoms with Crippen LogP contribution in [0.1, 0.15) is 27.6 Å². The first-order valence-electron chi connectivity index (χ1n) is 14.8. The van der Waals surface area contributed by atoms with Gasteiger partial charge in [0.25, 0.3) is 5.91 Å². The molecule has 1 saturated heterocycles. The predicted octanol–water partition coefficient (Wildman–Crippen LogP) is 5.58. The van der Waals surface area contributed by atoms with Crippen LogP contribution in [0, 0.1) is 20.8 Å². The normalized spacial score (nSPS) is 14.1. The van der Waals surface area contributed by atoms with Gasteiger partial charge >= 0.3 is 0 Å². The molecule has 1 aliphatic heterocycles. The Bertz CT molecular complexity index is 2020. The van der Waals surface area contributed by atoms with Crippen LogP contribution >= 0.6 is 0 Å². The maximum Gasteiger partial charge on any atom is 0.251 e. The van der Waals surface area contributed by atoms with Crippen LogP contribution in [0.15, 0.2) is 53.1 Å². The zero-order chi connectivity index (χ0) is 30.4. The number of ether oxygens (including phenoxy) is 2. The van der Waals surface area contributed by atoms with E-state index in [0.717, 1.165) is 99.4 Å². The first-order valence-corrected chi connectivity index (χ1v) is 14.8. The number of aryl methyl sites for hydroxylation is 3. The van der Waals surface area contributed by atoms with E-state index in [1.54, 1.807) is 7.11 Å². The van der Waals surface area contributed by atoms with Gasteiger partial charge < -0.3 is 24.3 Å². The van der Waals surface area contributed by atoms with Crippen LogP contribution in [0.25, 0.3) is 55.1 Å². The summed E-state index contributed by atoms with van der Waals surface area (Å²) in [6.45, 7) is 10.3. The van der Waals surface area contributed by atoms with E-state index >= 15 is 0 Å². The summed E-state index contributed by atoms with van der Waals surface area (Å²) in [4.78, 5) is 28.9. The lowest BCUT2D eigenvalue weighted by Gasteiger charge is -2.26. The van der Waals surface area contributed by atoms with Gasteiger partial charge in [0.15, 0.2) is 0 Å². The molecule has 3 aromatic heterocycles. The monoisotopic (exact) mass is 590 g/mol. The SMILES string of the molecule is COc1cc2c(cc1-c1c(C)noc1C)[nH]c1nc(C)nc(-c3ccc(C(=O)NCCN4CCOCC4)c4ccccc34)c12. The van der Waals surface area contributed by atoms with Gasteiger partial charge in [-0.3, -0.25) is 9.69 Å². The lowest BCUT2D eigenvalue weighted by Crippen LogP contribution is -2.41. The van der Waals surface area contributed by atoms with Gasteiger partial charge in [-0.2, -0.15) is 0 Å². The number of carbonyl (C=O) groups excluding carboxylic acids is 1. The molecule has 7 rings (SSSR count). The summed E-state index contributed by atoms with van der Waals surface area (Å²) < 4.78 is 16.8. The minimum atomic E-state index is -0.0892. The van der Waals surface area contributed by atoms with Crippen molar-refractivity contribution >= 4 is 38.6 Å². The van der Waals surface area contributed by atoms with Crippen LogP contribution in [0.3, 0.4) is 0 Å². The smallest absolute Gasteiger partial charge is 0.251 e. The van der Waals surface area contributed by atoms with Gasteiger partial charge in [0.2, 0.25) is 0 Å². The first kappa shape index (κ1) is 28.0. The molecule has 0 atom stereocenters. The number of aromatic amines is 1. The first-order chi connectivity index (χ1) is 21.4. The third kappa shape index (κ3) is 4.86. The predicted molar refractivity (Wildman–Crippen MR) is 170 cm³/mol. The van der Waals surface area contributed by atoms with Crippen LogP contribution < -0.4 is 10.1 Å². The van der Waals surface area contributed by atoms with Crippen molar-refractivity contribution in [1.82, 2.24) is 30.3 Å². The van der Waals surface area contributed by atoms with Crippen LogP contribution in [-0.2, 0) is 4.74 Å². The molecule has 0 aliphatic carbocycles. The number of amides is 1. The number of H-pyrrole nitrogens is 1. The van der Waals surface area contributed by atoms with Crippen molar-refractivity contribution in [3.05, 3.63) is 71.4 Å². The molecule has 0 saturated carbocycles. The van der Waals surface area contributed by atoms with E-state index in [4.69, 9.17) is 24.0 Å². The molecule has 2 N–H and O–H groups in total. The highest BCUT2D eigenvalue weighted by molar-refractivity contribution is 6.17. The Hall–Kier alpha value is -4.80. The van der Waals surface area contributed by atoms with Crippen LogP contribution in [0.2, 0.25) is 0 Å². The second-order valence-electron chi connectivity index (χ2n) is 11.2. The van der Waals surface area contributed by atoms with Gasteiger partial charge in [-0.25, -0.2) is 9.97 Å². The molecule has 0 radical (unpaired) electrons. The van der Waals surface area contributed by atoms with E-state index in [-0.39, 0.29) is 5.91 Å². The number of morpholine rings is 1. The molecule has 0 bridgehead atoms. The summed E-state index contributed by atoms with van der Waals surface area (Å²) in [5.41, 5.74) is 6.59. The van der Waals surface area contributed by atoms with Crippen LogP contribution in [0.5, 0.6) is 5.75 Å². The number of rotatable bonds is 7. The van der Waals surface area contributed by atoms with Crippen molar-refractivity contribution < 1.29 is 18.8 Å². The molecule has 0 unspecified atom stereocenters. The zero-order valence-electron chi connectivity index (χ0n) is 25.3. The molecule has 10 nitrogen and oxygen atoms in total. The van der Waals surface area contributed by atoms with Gasteiger partial charge in [-0.15, -0.1) is 0 Å². The molecule has 1 aliphatic rings. The molecule has 10 heteroatoms. The maximum absolute atomic E-state index is 13.4. The van der Waals surface area contributed by atoms with Gasteiger partial charge in [0, 0.05) is 53.8 Å². The van der Waals surface area contributed by atoms with Crippen molar-refractivity contribution in [1.29, 1.82) is 0 Å². The van der Waals surface area contributed by atoms with Gasteiger partial charge in [0.05, 0.1) is 42.7 Å². The van der Waals surface area contributed by atoms with Crippen molar-refractivity contribution in [2.45, 2.75) is 20.8 Å². The Kier molecular flexibility index (Phi) is 7.23. The standard InChI is InChI=1S/C34H34N6O4/c1-19-30(20(2)44-39-19)27-17-28-26(18-29(27)42-4)31-32(36-21(3)37-33(31)38-28)24-9-10-25(23-8-6-5-7-22(23)24)34(41)35-11-12-40-13-15-43-16-14-40/h5-10,17-18H,11-16H2,1-4H3,(H,35,41)(H,36,37,38). The molecule has 1 amide bonds. The van der Waals surface area contributed by atoms with Crippen LogP contribution in [-0.4, -0.2) is 77.4 Å². The van der Waals surface area contributed by atoms with E-state index in [1.165, 1.54) is 0 Å². The number of nitrogens with one attached hydrogen (secondary N) is 2. The molecule has 0 spiro atoms. The minimum Gasteiger partial charge on any atom is -0.496 e. The summed E-state index contributed by atoms with van der Waals surface area (Å²) >= 11 is 0. The molecule has 3 aromatic carbocycles. The quantitative estimate of drug-likeness (QED) is 0.247. The van der Waals surface area contributed by atoms with Crippen molar-refractivity contribution in [2.24, 2.45) is 0 Å². The largest absolute Gasteiger partial charge is 0.496 e. The number of benzene rings is 3. The lowest BCUT2D eigenvalue weighted by atomic mass is 9.95. The highest BCUT2D eigenvalue weighted by atomic mass is 16.5. The number of methoxy groups -OCH3 is 1. The molecule has 6 aromatic rings. The second kappa shape index (κ2) is 11.4. The van der Waals surface area contributed by atoms with Crippen LogP contribution in [0.4, 0.5) is 0 Å². The highest BCUT2D eigenvalue weighted by Crippen LogP contribution is 2.42. The zero-order valence-corrected chi connectivity index (χ0v) is 25.3. The third-order valence-corrected chi connectivity index (χ3v) is 8.43. The fourth-order valence-corrected chi connectivity index (χ4v) is 6.31. The molecular weight excluding hydrogens is 556 g/mol. The third-order valence-electron chi connectivity index (χ3n) is 8.43. The second-order valence-corrected chi connectivity index (χ2v) is 11.2. The Morgan fingerprint density at radius 1 is 1.00 bits per heavy atom. The Balaban J connectivity index is 1.33. The minimum absolute atomic E-state index is 0.0892. The van der Waals surface area contributed by atoms with Gasteiger partial charge in [0.1, 0.15) is 23.0 Å². The molecular formula is C34H34N6O4. The molecule has 44 heavy (non-hydrogen) atoms. The number of hydrogen-bond donors (Lipinski definition) is 2. The summed E-state index contributed by atoms with van der Waals surface area (Å²) in [7, 11) is 1.66. The summed E-state index contributed by atoms with van der Waals surface area (Å²) in [5, 5.41) is 10.9. The average molecular weight is 591 g/mol. The van der Waals surface area contributed by atoms with E-state index < -0.39 is 0 Å². The molecule has 224 valence electrons. The fraction of sp³-hybridized carbons (Fsp3) is 0.294. The Morgan fingerprint density at radius 2 is 1.80 bits per heavy atom. The van der Waals surface area contributed by atoms with E-state index in [0.29, 0.717) is 23.7 Å². The van der Waals surface area contributed by atoms with Crippen molar-refractivity contribution in [3.8, 4) is 28.1 Å². The Morgan fingerprint density at radius 3 is 2.55 bits per heavy atom. The highest BCUT2D eigenvalue weighted by Gasteiger charge is 2.22.